The fraction of sp³-hybridized carbons (Fsp3) is 0.200. The number of nitrogens with zero attached hydrogens (tertiary/aromatic N) is 11. The molecule has 12 aromatic rings. The lowest BCUT2D eigenvalue weighted by Gasteiger charge is -2.32. The van der Waals surface area contributed by atoms with Crippen molar-refractivity contribution < 1.29 is 57.3 Å². The number of aromatic nitrogens is 8. The monoisotopic (exact) mass is 1670 g/mol. The minimum absolute atomic E-state index is 0.0495. The fourth-order valence-electron chi connectivity index (χ4n) is 14.4. The molecule has 29 heteroatoms. The van der Waals surface area contributed by atoms with Gasteiger partial charge in [-0.2, -0.15) is 20.4 Å². The van der Waals surface area contributed by atoms with Crippen LogP contribution in [0.25, 0.3) is 45.0 Å². The highest BCUT2D eigenvalue weighted by Gasteiger charge is 2.31. The molecule has 3 aliphatic heterocycles. The first-order valence-electron chi connectivity index (χ1n) is 40.1. The first kappa shape index (κ1) is 87.5. The molecule has 0 bridgehead atoms. The summed E-state index contributed by atoms with van der Waals surface area (Å²) in [5.41, 5.74) is 34.7. The molecule has 0 saturated carbocycles. The van der Waals surface area contributed by atoms with E-state index in [0.29, 0.717) is 126 Å². The Hall–Kier alpha value is -15.9. The first-order chi connectivity index (χ1) is 60.1. The van der Waals surface area contributed by atoms with Crippen molar-refractivity contribution in [3.63, 3.8) is 0 Å². The van der Waals surface area contributed by atoms with Gasteiger partial charge >= 0.3 is 0 Å². The quantitative estimate of drug-likeness (QED) is 0.0196. The second-order valence-corrected chi connectivity index (χ2v) is 29.3. The number of primary amides is 4. The van der Waals surface area contributed by atoms with Crippen LogP contribution in [-0.4, -0.2) is 147 Å². The standard InChI is InChI=1S/C25H26N4O3.C25H24N4O3.C24H24N4O3.C21H21N5O3/c1-2-23(30)28-14-6-7-18(15-28)16-29-17-22(25(26)31)24(27-29)19-10-12-21(13-11-19)32-20-8-4-3-5-9-20;1-2-6-23(30)28-14-13-18(15-28)16-29-17-22(25(26)31)24(27-29)19-9-11-21(12-10-19)32-20-7-4-3-5-8-20;1-2-22(29)27-13-12-17(14-27)15-28-16-21(24(25)30)23(26-28)18-8-10-20(11-9-18)31-19-6-4-3-5-7-19;1-2-17(27)24-12-13-26-20(22)18(21(23)28)19(25-26)14-8-10-16(11-9-14)29-15-6-4-3-5-7-15/h2-5,8-13,17-18H,1,6-7,14-16H2,(H2,26,31);3-5,7-12,17-18H,13-16H2,1H3,(H2,26,31);2-11,16-17H,1,12-15H2,(H2,25,30);2-11H,1,12-13,22H2,(H2,23,28)(H,24,27). The molecule has 8 aromatic carbocycles. The number of likely N-dealkylation sites (tertiary alicyclic amines) is 3. The molecule has 7 heterocycles. The Kier molecular flexibility index (Phi) is 29.8. The molecule has 3 fully saturated rings. The molecule has 11 N–H and O–H groups in total. The minimum atomic E-state index is -0.677. The highest BCUT2D eigenvalue weighted by atomic mass is 16.5. The van der Waals surface area contributed by atoms with Crippen molar-refractivity contribution >= 4 is 53.1 Å². The van der Waals surface area contributed by atoms with E-state index in [9.17, 15) is 38.4 Å². The van der Waals surface area contributed by atoms with Crippen LogP contribution >= 0.6 is 0 Å². The summed E-state index contributed by atoms with van der Waals surface area (Å²) in [6.45, 7) is 18.6. The number of carbonyl (C=O) groups is 8. The van der Waals surface area contributed by atoms with E-state index in [-0.39, 0.29) is 65.9 Å². The number of carbonyl (C=O) groups excluding carboxylic acids is 8. The van der Waals surface area contributed by atoms with Crippen LogP contribution in [0.3, 0.4) is 0 Å². The van der Waals surface area contributed by atoms with Crippen LogP contribution < -0.4 is 52.9 Å². The summed E-state index contributed by atoms with van der Waals surface area (Å²) in [7, 11) is 0. The van der Waals surface area contributed by atoms with Crippen molar-refractivity contribution in [3.8, 4) is 103 Å². The Labute approximate surface area is 716 Å². The molecule has 15 rings (SSSR count). The summed E-state index contributed by atoms with van der Waals surface area (Å²) in [5.74, 6) is 8.98. The van der Waals surface area contributed by atoms with Crippen molar-refractivity contribution in [2.24, 2.45) is 40.7 Å². The first-order valence-corrected chi connectivity index (χ1v) is 40.1. The molecule has 8 amide bonds. The highest BCUT2D eigenvalue weighted by molar-refractivity contribution is 6.04. The topological polar surface area (TPSA) is 397 Å². The van der Waals surface area contributed by atoms with Crippen molar-refractivity contribution in [3.05, 3.63) is 297 Å². The fourth-order valence-corrected chi connectivity index (χ4v) is 14.4. The molecule has 0 aliphatic carbocycles. The summed E-state index contributed by atoms with van der Waals surface area (Å²) in [6, 6.07) is 67.2. The molecular formula is C95H95N17O12. The van der Waals surface area contributed by atoms with Gasteiger partial charge in [0.05, 0.1) is 23.2 Å². The second-order valence-electron chi connectivity index (χ2n) is 29.3. The number of nitrogens with one attached hydrogen (secondary N) is 1. The van der Waals surface area contributed by atoms with E-state index in [2.05, 4.69) is 57.3 Å². The van der Waals surface area contributed by atoms with Gasteiger partial charge in [0.2, 0.25) is 17.7 Å². The van der Waals surface area contributed by atoms with Crippen LogP contribution in [0.4, 0.5) is 5.82 Å². The second kappa shape index (κ2) is 42.2. The molecule has 4 aromatic heterocycles. The number of hydrogen-bond donors (Lipinski definition) is 6. The SMILES string of the molecule is C=CC(=O)N1CCC(Cn2cc(C(N)=O)c(-c3ccc(Oc4ccccc4)cc3)n2)C1.C=CC(=O)N1CCCC(Cn2cc(C(N)=O)c(-c3ccc(Oc4ccccc4)cc3)n2)C1.C=CC(=O)NCCn1nc(-c2ccc(Oc3ccccc3)cc2)c(C(N)=O)c1N.CC#CC(=O)N1CCC(Cn2cc(C(N)=O)c(-c3ccc(Oc4ccccc4)cc3)n2)C1. The smallest absolute Gasteiger partial charge is 0.298 e. The Morgan fingerprint density at radius 3 is 1.06 bits per heavy atom. The van der Waals surface area contributed by atoms with Gasteiger partial charge in [0.1, 0.15) is 80.2 Å². The van der Waals surface area contributed by atoms with E-state index >= 15 is 0 Å². The van der Waals surface area contributed by atoms with Crippen LogP contribution in [-0.2, 0) is 45.4 Å². The third kappa shape index (κ3) is 23.6. The molecule has 29 nitrogen and oxygen atoms in total. The number of benzene rings is 8. The van der Waals surface area contributed by atoms with Crippen molar-refractivity contribution in [1.82, 2.24) is 59.1 Å². The number of rotatable bonds is 28. The Morgan fingerprint density at radius 2 is 0.734 bits per heavy atom. The predicted octanol–water partition coefficient (Wildman–Crippen LogP) is 13.0. The zero-order valence-electron chi connectivity index (χ0n) is 68.4. The van der Waals surface area contributed by atoms with E-state index in [0.717, 1.165) is 66.2 Å². The van der Waals surface area contributed by atoms with Crippen molar-refractivity contribution in [2.75, 3.05) is 51.5 Å². The molecule has 3 unspecified atom stereocenters. The molecule has 632 valence electrons. The number of amides is 8. The molecule has 124 heavy (non-hydrogen) atoms. The number of hydrogen-bond acceptors (Lipinski definition) is 17. The van der Waals surface area contributed by atoms with Gasteiger partial charge < -0.3 is 67.6 Å². The normalized spacial score (nSPS) is 14.3. The van der Waals surface area contributed by atoms with Crippen LogP contribution in [0.2, 0.25) is 0 Å². The van der Waals surface area contributed by atoms with Crippen molar-refractivity contribution in [1.29, 1.82) is 0 Å². The van der Waals surface area contributed by atoms with Gasteiger partial charge in [-0.05, 0) is 220 Å². The average Bonchev–Trinajstić information content (AvgIpc) is 1.64. The number of ether oxygens (including phenoxy) is 4. The van der Waals surface area contributed by atoms with Crippen LogP contribution in [0.15, 0.2) is 275 Å². The molecule has 3 saturated heterocycles. The zero-order valence-corrected chi connectivity index (χ0v) is 68.4. The molecular weight excluding hydrogens is 1570 g/mol. The van der Waals surface area contributed by atoms with Crippen LogP contribution in [0.5, 0.6) is 46.0 Å². The number of nitrogen functional groups attached to an aromatic ring is 1. The third-order valence-corrected chi connectivity index (χ3v) is 20.5. The van der Waals surface area contributed by atoms with Gasteiger partial charge in [-0.1, -0.05) is 98.5 Å². The number of nitrogens with two attached hydrogens (primary N) is 5. The van der Waals surface area contributed by atoms with E-state index in [1.165, 1.54) is 22.9 Å². The predicted molar refractivity (Wildman–Crippen MR) is 471 cm³/mol. The summed E-state index contributed by atoms with van der Waals surface area (Å²) < 4.78 is 29.9. The average molecular weight is 1670 g/mol. The van der Waals surface area contributed by atoms with Gasteiger partial charge in [-0.25, -0.2) is 4.68 Å². The van der Waals surface area contributed by atoms with Gasteiger partial charge in [0.25, 0.3) is 29.5 Å². The van der Waals surface area contributed by atoms with Gasteiger partial charge in [-0.3, -0.25) is 52.4 Å². The van der Waals surface area contributed by atoms with Gasteiger partial charge in [-0.15, -0.1) is 0 Å². The third-order valence-electron chi connectivity index (χ3n) is 20.5. The highest BCUT2D eigenvalue weighted by Crippen LogP contribution is 2.35. The molecule has 0 spiro atoms. The van der Waals surface area contributed by atoms with E-state index in [4.69, 9.17) is 47.6 Å². The van der Waals surface area contributed by atoms with E-state index in [1.54, 1.807) is 73.6 Å². The Morgan fingerprint density at radius 1 is 0.411 bits per heavy atom. The summed E-state index contributed by atoms with van der Waals surface area (Å²) in [6.07, 6.45) is 12.6. The zero-order chi connectivity index (χ0) is 87.6. The van der Waals surface area contributed by atoms with Crippen LogP contribution in [0, 0.1) is 29.6 Å². The maximum Gasteiger partial charge on any atom is 0.298 e. The van der Waals surface area contributed by atoms with Crippen molar-refractivity contribution in [2.45, 2.75) is 58.8 Å². The summed E-state index contributed by atoms with van der Waals surface area (Å²) in [4.78, 5) is 100. The molecule has 3 aliphatic rings. The number of piperidine rings is 1. The number of para-hydroxylation sites is 4. The van der Waals surface area contributed by atoms with Gasteiger partial charge in [0, 0.05) is 106 Å². The lowest BCUT2D eigenvalue weighted by Crippen LogP contribution is -2.40. The minimum Gasteiger partial charge on any atom is -0.457 e. The molecule has 0 radical (unpaired) electrons. The number of anilines is 1. The Bertz CT molecular complexity index is 5830. The summed E-state index contributed by atoms with van der Waals surface area (Å²) in [5, 5.41) is 20.9. The van der Waals surface area contributed by atoms with E-state index < -0.39 is 23.6 Å². The summed E-state index contributed by atoms with van der Waals surface area (Å²) >= 11 is 0. The van der Waals surface area contributed by atoms with Gasteiger partial charge in [0.15, 0.2) is 0 Å². The van der Waals surface area contributed by atoms with E-state index in [1.807, 2.05) is 199 Å². The van der Waals surface area contributed by atoms with Crippen LogP contribution in [0.1, 0.15) is 74.0 Å². The maximum atomic E-state index is 12.1. The Balaban J connectivity index is 0.000000151. The lowest BCUT2D eigenvalue weighted by atomic mass is 9.98. The molecule has 3 atom stereocenters. The lowest BCUT2D eigenvalue weighted by molar-refractivity contribution is -0.128. The largest absolute Gasteiger partial charge is 0.457 e. The maximum absolute atomic E-state index is 12.1.